The van der Waals surface area contributed by atoms with Gasteiger partial charge in [0.1, 0.15) is 17.8 Å². The number of aromatic nitrogens is 4. The molecule has 0 spiro atoms. The van der Waals surface area contributed by atoms with E-state index < -0.39 is 0 Å². The monoisotopic (exact) mass is 190 g/mol. The molecule has 0 bridgehead atoms. The van der Waals surface area contributed by atoms with Crippen molar-refractivity contribution in [1.82, 2.24) is 20.2 Å². The van der Waals surface area contributed by atoms with E-state index in [1.807, 2.05) is 31.2 Å². The SMILES string of the molecule is CCOc1ccccc1-n1cnnn1. The number of rotatable bonds is 3. The summed E-state index contributed by atoms with van der Waals surface area (Å²) in [4.78, 5) is 0. The average molecular weight is 190 g/mol. The molecule has 0 atom stereocenters. The molecule has 0 aliphatic carbocycles. The van der Waals surface area contributed by atoms with Crippen LogP contribution < -0.4 is 4.74 Å². The summed E-state index contributed by atoms with van der Waals surface area (Å²) in [7, 11) is 0. The van der Waals surface area contributed by atoms with Crippen LogP contribution in [0, 0.1) is 0 Å². The third-order valence-electron chi connectivity index (χ3n) is 1.76. The lowest BCUT2D eigenvalue weighted by Crippen LogP contribution is -2.00. The number of tetrazole rings is 1. The van der Waals surface area contributed by atoms with Crippen LogP contribution in [0.5, 0.6) is 5.75 Å². The van der Waals surface area contributed by atoms with Gasteiger partial charge in [-0.25, -0.2) is 0 Å². The lowest BCUT2D eigenvalue weighted by Gasteiger charge is -2.07. The number of hydrogen-bond acceptors (Lipinski definition) is 4. The molecule has 1 aromatic carbocycles. The summed E-state index contributed by atoms with van der Waals surface area (Å²) in [6, 6.07) is 7.63. The standard InChI is InChI=1S/C9H10N4O/c1-2-14-9-6-4-3-5-8(9)13-7-10-11-12-13/h3-7H,2H2,1H3. The first kappa shape index (κ1) is 8.68. The van der Waals surface area contributed by atoms with Crippen LogP contribution in [0.15, 0.2) is 30.6 Å². The zero-order valence-electron chi connectivity index (χ0n) is 7.79. The summed E-state index contributed by atoms with van der Waals surface area (Å²) in [5.41, 5.74) is 0.847. The molecule has 2 rings (SSSR count). The zero-order valence-corrected chi connectivity index (χ0v) is 7.79. The van der Waals surface area contributed by atoms with E-state index in [1.54, 1.807) is 4.68 Å². The van der Waals surface area contributed by atoms with Gasteiger partial charge in [-0.3, -0.25) is 0 Å². The molecular formula is C9H10N4O. The topological polar surface area (TPSA) is 52.8 Å². The molecule has 0 N–H and O–H groups in total. The highest BCUT2D eigenvalue weighted by atomic mass is 16.5. The highest BCUT2D eigenvalue weighted by Crippen LogP contribution is 2.20. The van der Waals surface area contributed by atoms with E-state index in [9.17, 15) is 0 Å². The molecule has 0 saturated heterocycles. The van der Waals surface area contributed by atoms with Crippen molar-refractivity contribution in [1.29, 1.82) is 0 Å². The summed E-state index contributed by atoms with van der Waals surface area (Å²) in [5.74, 6) is 0.780. The molecule has 14 heavy (non-hydrogen) atoms. The van der Waals surface area contributed by atoms with Gasteiger partial charge in [0.25, 0.3) is 0 Å². The minimum atomic E-state index is 0.624. The molecule has 0 aliphatic rings. The molecule has 0 aliphatic heterocycles. The van der Waals surface area contributed by atoms with Crippen molar-refractivity contribution >= 4 is 0 Å². The van der Waals surface area contributed by atoms with Gasteiger partial charge in [0.05, 0.1) is 6.61 Å². The maximum absolute atomic E-state index is 5.44. The first-order valence-corrected chi connectivity index (χ1v) is 4.37. The molecule has 0 amide bonds. The smallest absolute Gasteiger partial charge is 0.145 e. The molecule has 0 fully saturated rings. The second-order valence-corrected chi connectivity index (χ2v) is 2.66. The zero-order chi connectivity index (χ0) is 9.80. The molecular weight excluding hydrogens is 180 g/mol. The first-order valence-electron chi connectivity index (χ1n) is 4.37. The van der Waals surface area contributed by atoms with E-state index in [2.05, 4.69) is 15.5 Å². The highest BCUT2D eigenvalue weighted by Gasteiger charge is 2.04. The van der Waals surface area contributed by atoms with E-state index in [1.165, 1.54) is 6.33 Å². The summed E-state index contributed by atoms with van der Waals surface area (Å²) in [6.45, 7) is 2.56. The van der Waals surface area contributed by atoms with Crippen molar-refractivity contribution in [3.63, 3.8) is 0 Å². The molecule has 2 aromatic rings. The van der Waals surface area contributed by atoms with Gasteiger partial charge in [-0.2, -0.15) is 4.68 Å². The molecule has 5 nitrogen and oxygen atoms in total. The summed E-state index contributed by atoms with van der Waals surface area (Å²) >= 11 is 0. The Morgan fingerprint density at radius 2 is 2.21 bits per heavy atom. The van der Waals surface area contributed by atoms with E-state index in [0.29, 0.717) is 6.61 Å². The molecule has 0 unspecified atom stereocenters. The van der Waals surface area contributed by atoms with Gasteiger partial charge in [-0.05, 0) is 29.5 Å². The third-order valence-corrected chi connectivity index (χ3v) is 1.76. The summed E-state index contributed by atoms with van der Waals surface area (Å²) in [6.07, 6.45) is 1.54. The van der Waals surface area contributed by atoms with Crippen LogP contribution in [0.3, 0.4) is 0 Å². The van der Waals surface area contributed by atoms with Crippen molar-refractivity contribution in [3.05, 3.63) is 30.6 Å². The van der Waals surface area contributed by atoms with Crippen LogP contribution in [-0.2, 0) is 0 Å². The van der Waals surface area contributed by atoms with Crippen LogP contribution in [0.1, 0.15) is 6.92 Å². The maximum Gasteiger partial charge on any atom is 0.145 e. The second kappa shape index (κ2) is 3.87. The summed E-state index contributed by atoms with van der Waals surface area (Å²) in [5, 5.41) is 11.0. The van der Waals surface area contributed by atoms with Crippen LogP contribution >= 0.6 is 0 Å². The predicted octanol–water partition coefficient (Wildman–Crippen LogP) is 1.06. The Hall–Kier alpha value is -1.91. The van der Waals surface area contributed by atoms with Crippen molar-refractivity contribution in [2.45, 2.75) is 6.92 Å². The molecule has 1 heterocycles. The predicted molar refractivity (Wildman–Crippen MR) is 50.3 cm³/mol. The van der Waals surface area contributed by atoms with Gasteiger partial charge in [0, 0.05) is 0 Å². The fourth-order valence-electron chi connectivity index (χ4n) is 1.20. The Morgan fingerprint density at radius 1 is 1.36 bits per heavy atom. The van der Waals surface area contributed by atoms with Gasteiger partial charge >= 0.3 is 0 Å². The van der Waals surface area contributed by atoms with Crippen LogP contribution in [0.2, 0.25) is 0 Å². The number of benzene rings is 1. The Morgan fingerprint density at radius 3 is 2.93 bits per heavy atom. The minimum absolute atomic E-state index is 0.624. The Kier molecular flexibility index (Phi) is 2.40. The normalized spacial score (nSPS) is 10.1. The van der Waals surface area contributed by atoms with E-state index in [4.69, 9.17) is 4.74 Å². The lowest BCUT2D eigenvalue weighted by atomic mass is 10.3. The second-order valence-electron chi connectivity index (χ2n) is 2.66. The third kappa shape index (κ3) is 1.56. The van der Waals surface area contributed by atoms with Gasteiger partial charge in [0.2, 0.25) is 0 Å². The van der Waals surface area contributed by atoms with Gasteiger partial charge < -0.3 is 4.74 Å². The number of ether oxygens (including phenoxy) is 1. The van der Waals surface area contributed by atoms with Crippen molar-refractivity contribution < 1.29 is 4.74 Å². The maximum atomic E-state index is 5.44. The van der Waals surface area contributed by atoms with Gasteiger partial charge in [-0.15, -0.1) is 5.10 Å². The van der Waals surface area contributed by atoms with E-state index in [-0.39, 0.29) is 0 Å². The van der Waals surface area contributed by atoms with E-state index >= 15 is 0 Å². The van der Waals surface area contributed by atoms with Crippen LogP contribution in [0.4, 0.5) is 0 Å². The highest BCUT2D eigenvalue weighted by molar-refractivity contribution is 5.45. The van der Waals surface area contributed by atoms with Crippen molar-refractivity contribution in [2.24, 2.45) is 0 Å². The van der Waals surface area contributed by atoms with Crippen LogP contribution in [0.25, 0.3) is 5.69 Å². The van der Waals surface area contributed by atoms with Crippen LogP contribution in [-0.4, -0.2) is 26.8 Å². The lowest BCUT2D eigenvalue weighted by molar-refractivity contribution is 0.338. The Balaban J connectivity index is 2.42. The summed E-state index contributed by atoms with van der Waals surface area (Å²) < 4.78 is 7.02. The Bertz CT molecular complexity index is 399. The average Bonchev–Trinajstić information content (AvgIpc) is 2.72. The molecule has 0 radical (unpaired) electrons. The van der Waals surface area contributed by atoms with E-state index in [0.717, 1.165) is 11.4 Å². The largest absolute Gasteiger partial charge is 0.492 e. The molecule has 72 valence electrons. The van der Waals surface area contributed by atoms with Crippen molar-refractivity contribution in [3.8, 4) is 11.4 Å². The quantitative estimate of drug-likeness (QED) is 0.726. The van der Waals surface area contributed by atoms with Gasteiger partial charge in [-0.1, -0.05) is 12.1 Å². The fraction of sp³-hybridized carbons (Fsp3) is 0.222. The Labute approximate surface area is 81.3 Å². The number of para-hydroxylation sites is 2. The van der Waals surface area contributed by atoms with Crippen molar-refractivity contribution in [2.75, 3.05) is 6.61 Å². The first-order chi connectivity index (χ1) is 6.92. The molecule has 5 heteroatoms. The fourth-order valence-corrected chi connectivity index (χ4v) is 1.20. The minimum Gasteiger partial charge on any atom is -0.492 e. The molecule has 0 saturated carbocycles. The number of nitrogens with zero attached hydrogens (tertiary/aromatic N) is 4. The van der Waals surface area contributed by atoms with Gasteiger partial charge in [0.15, 0.2) is 0 Å². The molecule has 1 aromatic heterocycles. The number of hydrogen-bond donors (Lipinski definition) is 0.